The Labute approximate surface area is 237 Å². The highest BCUT2D eigenvalue weighted by Gasteiger charge is 2.37. The fraction of sp³-hybridized carbons (Fsp3) is 0.429. The smallest absolute Gasteiger partial charge is 0.315 e. The van der Waals surface area contributed by atoms with Gasteiger partial charge in [-0.25, -0.2) is 0 Å². The number of nitrogens with zero attached hydrogens (tertiary/aromatic N) is 2. The van der Waals surface area contributed by atoms with Crippen molar-refractivity contribution in [2.45, 2.75) is 20.3 Å². The number of rotatable bonds is 11. The maximum Gasteiger partial charge on any atom is 0.315 e. The van der Waals surface area contributed by atoms with E-state index in [0.29, 0.717) is 60.8 Å². The molecule has 0 saturated carbocycles. The van der Waals surface area contributed by atoms with Gasteiger partial charge in [0.2, 0.25) is 0 Å². The summed E-state index contributed by atoms with van der Waals surface area (Å²) in [5, 5.41) is 7.70. The molecule has 3 aromatic rings. The molecule has 0 spiro atoms. The van der Waals surface area contributed by atoms with E-state index in [1.165, 1.54) is 0 Å². The largest absolute Gasteiger partial charge is 0.493 e. The number of halogens is 1. The number of amidine groups is 1. The normalized spacial score (nSPS) is 15.6. The average molecular weight is 576 g/mol. The van der Waals surface area contributed by atoms with Gasteiger partial charge >= 0.3 is 5.97 Å². The molecule has 1 aliphatic heterocycles. The van der Waals surface area contributed by atoms with E-state index in [4.69, 9.17) is 41.0 Å². The monoisotopic (exact) mass is 575 g/mol. The van der Waals surface area contributed by atoms with Gasteiger partial charge in [-0.3, -0.25) is 9.80 Å². The number of methoxy groups -OCH3 is 2. The lowest BCUT2D eigenvalue weighted by Gasteiger charge is -2.27. The van der Waals surface area contributed by atoms with Gasteiger partial charge in [0.15, 0.2) is 17.3 Å². The van der Waals surface area contributed by atoms with Crippen LogP contribution >= 0.6 is 22.9 Å². The van der Waals surface area contributed by atoms with Crippen LogP contribution < -0.4 is 19.9 Å². The number of carbonyl (C=O) groups is 1. The van der Waals surface area contributed by atoms with Gasteiger partial charge in [-0.1, -0.05) is 11.6 Å². The van der Waals surface area contributed by atoms with E-state index in [1.54, 1.807) is 32.5 Å². The second-order valence-corrected chi connectivity index (χ2v) is 10.9. The molecule has 0 bridgehead atoms. The summed E-state index contributed by atoms with van der Waals surface area (Å²) in [6.45, 7) is 6.73. The number of nitrogens with two attached hydrogens (primary N) is 1. The first-order valence-corrected chi connectivity index (χ1v) is 13.9. The molecule has 1 saturated heterocycles. The lowest BCUT2D eigenvalue weighted by Crippen LogP contribution is -2.37. The highest BCUT2D eigenvalue weighted by Crippen LogP contribution is 2.45. The van der Waals surface area contributed by atoms with Crippen LogP contribution in [0.3, 0.4) is 0 Å². The molecule has 39 heavy (non-hydrogen) atoms. The minimum atomic E-state index is -0.937. The second-order valence-electron chi connectivity index (χ2n) is 9.37. The lowest BCUT2D eigenvalue weighted by molar-refractivity contribution is -0.156. The van der Waals surface area contributed by atoms with Gasteiger partial charge in [-0.05, 0) is 44.2 Å². The molecule has 2 heterocycles. The van der Waals surface area contributed by atoms with E-state index in [-0.39, 0.29) is 19.2 Å². The van der Waals surface area contributed by atoms with Crippen LogP contribution in [0, 0.1) is 5.41 Å². The number of hydrogen-bond donors (Lipinski definition) is 1. The molecule has 9 nitrogen and oxygen atoms in total. The van der Waals surface area contributed by atoms with Gasteiger partial charge in [0.05, 0.1) is 52.2 Å². The first-order chi connectivity index (χ1) is 18.8. The predicted molar refractivity (Wildman–Crippen MR) is 153 cm³/mol. The van der Waals surface area contributed by atoms with Crippen molar-refractivity contribution in [3.63, 3.8) is 0 Å². The van der Waals surface area contributed by atoms with Crippen LogP contribution in [0.15, 0.2) is 41.5 Å². The molecule has 1 fully saturated rings. The lowest BCUT2D eigenvalue weighted by atomic mass is 9.87. The van der Waals surface area contributed by atoms with Gasteiger partial charge in [-0.15, -0.1) is 11.3 Å². The van der Waals surface area contributed by atoms with Crippen molar-refractivity contribution in [3.05, 3.63) is 51.9 Å². The van der Waals surface area contributed by atoms with Crippen LogP contribution in [0.5, 0.6) is 17.2 Å². The van der Waals surface area contributed by atoms with E-state index in [1.807, 2.05) is 48.3 Å². The van der Waals surface area contributed by atoms with E-state index >= 15 is 0 Å². The van der Waals surface area contributed by atoms with Crippen LogP contribution in [-0.4, -0.2) is 70.6 Å². The molecule has 0 aliphatic carbocycles. The first-order valence-electron chi connectivity index (χ1n) is 12.7. The molecule has 1 aliphatic rings. The number of esters is 1. The van der Waals surface area contributed by atoms with Crippen molar-refractivity contribution in [2.75, 3.05) is 53.7 Å². The SMILES string of the molecule is CCOC(=O)C(C)(COc1ccc(C(N)=NN2CCOCC2)cc1)Cc1cc2c(Cl)c(OC)c(OC)cc2s1. The molecule has 1 atom stereocenters. The summed E-state index contributed by atoms with van der Waals surface area (Å²) in [4.78, 5) is 14.1. The maximum atomic E-state index is 13.1. The predicted octanol–water partition coefficient (Wildman–Crippen LogP) is 4.72. The minimum absolute atomic E-state index is 0.122. The number of morpholine rings is 1. The molecule has 1 aromatic heterocycles. The van der Waals surface area contributed by atoms with Gasteiger partial charge in [0, 0.05) is 33.0 Å². The number of carbonyl (C=O) groups excluding carboxylic acids is 1. The highest BCUT2D eigenvalue weighted by atomic mass is 35.5. The van der Waals surface area contributed by atoms with Crippen LogP contribution in [0.1, 0.15) is 24.3 Å². The zero-order valence-electron chi connectivity index (χ0n) is 22.6. The highest BCUT2D eigenvalue weighted by molar-refractivity contribution is 7.19. The van der Waals surface area contributed by atoms with Crippen molar-refractivity contribution in [3.8, 4) is 17.2 Å². The van der Waals surface area contributed by atoms with E-state index in [0.717, 1.165) is 20.5 Å². The van der Waals surface area contributed by atoms with Gasteiger partial charge in [0.1, 0.15) is 17.8 Å². The molecule has 210 valence electrons. The third-order valence-electron chi connectivity index (χ3n) is 6.43. The Morgan fingerprint density at radius 2 is 1.90 bits per heavy atom. The zero-order chi connectivity index (χ0) is 28.0. The average Bonchev–Trinajstić information content (AvgIpc) is 3.35. The van der Waals surface area contributed by atoms with Crippen LogP contribution in [0.25, 0.3) is 10.1 Å². The number of benzene rings is 2. The molecule has 2 aromatic carbocycles. The third-order valence-corrected chi connectivity index (χ3v) is 7.89. The summed E-state index contributed by atoms with van der Waals surface area (Å²) in [6, 6.07) is 11.2. The Morgan fingerprint density at radius 3 is 2.54 bits per heavy atom. The fourth-order valence-corrected chi connectivity index (χ4v) is 5.95. The van der Waals surface area contributed by atoms with Crippen LogP contribution in [-0.2, 0) is 20.7 Å². The summed E-state index contributed by atoms with van der Waals surface area (Å²) >= 11 is 8.15. The third kappa shape index (κ3) is 6.69. The Bertz CT molecular complexity index is 1320. The molecule has 4 rings (SSSR count). The molecule has 0 radical (unpaired) electrons. The maximum absolute atomic E-state index is 13.1. The molecule has 2 N–H and O–H groups in total. The van der Waals surface area contributed by atoms with Gasteiger partial charge < -0.3 is 29.4 Å². The van der Waals surface area contributed by atoms with Crippen molar-refractivity contribution in [1.82, 2.24) is 5.01 Å². The molecule has 0 amide bonds. The molecular formula is C28H34ClN3O6S. The van der Waals surface area contributed by atoms with E-state index < -0.39 is 5.41 Å². The zero-order valence-corrected chi connectivity index (χ0v) is 24.2. The Morgan fingerprint density at radius 1 is 1.18 bits per heavy atom. The second kappa shape index (κ2) is 12.8. The summed E-state index contributed by atoms with van der Waals surface area (Å²) < 4.78 is 28.7. The number of fused-ring (bicyclic) bond motifs is 1. The first kappa shape index (κ1) is 28.8. The standard InChI is InChI=1S/C28H34ClN3O6S/c1-5-37-27(33)28(2,16-20-14-21-23(39-20)15-22(34-3)25(35-4)24(21)29)17-38-19-8-6-18(7-9-19)26(30)31-32-10-12-36-13-11-32/h6-9,14-15H,5,10-13,16-17H2,1-4H3,(H2,30,31). The summed E-state index contributed by atoms with van der Waals surface area (Å²) in [5.41, 5.74) is 6.05. The van der Waals surface area contributed by atoms with Gasteiger partial charge in [-0.2, -0.15) is 5.10 Å². The fourth-order valence-electron chi connectivity index (χ4n) is 4.28. The minimum Gasteiger partial charge on any atom is -0.493 e. The number of thiophene rings is 1. The Kier molecular flexibility index (Phi) is 9.42. The van der Waals surface area contributed by atoms with Gasteiger partial charge in [0.25, 0.3) is 0 Å². The summed E-state index contributed by atoms with van der Waals surface area (Å²) in [7, 11) is 3.12. The summed E-state index contributed by atoms with van der Waals surface area (Å²) in [6.07, 6.45) is 0.406. The Balaban J connectivity index is 1.51. The van der Waals surface area contributed by atoms with Crippen LogP contribution in [0.2, 0.25) is 5.02 Å². The van der Waals surface area contributed by atoms with Crippen molar-refractivity contribution >= 4 is 44.8 Å². The number of ether oxygens (including phenoxy) is 5. The van der Waals surface area contributed by atoms with Crippen molar-refractivity contribution < 1.29 is 28.5 Å². The van der Waals surface area contributed by atoms with E-state index in [9.17, 15) is 4.79 Å². The van der Waals surface area contributed by atoms with E-state index in [2.05, 4.69) is 5.10 Å². The van der Waals surface area contributed by atoms with Crippen LogP contribution in [0.4, 0.5) is 0 Å². The topological polar surface area (TPSA) is 105 Å². The molecule has 11 heteroatoms. The molecular weight excluding hydrogens is 542 g/mol. The van der Waals surface area contributed by atoms with Crippen molar-refractivity contribution in [2.24, 2.45) is 16.3 Å². The molecule has 1 unspecified atom stereocenters. The quantitative estimate of drug-likeness (QED) is 0.199. The van der Waals surface area contributed by atoms with Crippen molar-refractivity contribution in [1.29, 1.82) is 0 Å². The number of hydrogen-bond acceptors (Lipinski definition) is 9. The Hall–Kier alpha value is -3.21. The summed E-state index contributed by atoms with van der Waals surface area (Å²) in [5.74, 6) is 1.74. The number of hydrazone groups is 1.